The molecule has 7 heteroatoms. The summed E-state index contributed by atoms with van der Waals surface area (Å²) in [6.45, 7) is 5.95. The number of carbonyl (C=O) groups is 2. The van der Waals surface area contributed by atoms with E-state index < -0.39 is 0 Å². The molecule has 0 aliphatic rings. The van der Waals surface area contributed by atoms with Crippen LogP contribution in [0.4, 0.5) is 5.69 Å². The van der Waals surface area contributed by atoms with E-state index in [1.165, 1.54) is 0 Å². The fourth-order valence-electron chi connectivity index (χ4n) is 1.78. The van der Waals surface area contributed by atoms with E-state index in [-0.39, 0.29) is 30.4 Å². The summed E-state index contributed by atoms with van der Waals surface area (Å²) in [6, 6.07) is 4.85. The van der Waals surface area contributed by atoms with Gasteiger partial charge in [-0.1, -0.05) is 23.2 Å². The standard InChI is InChI=1S/C15H21Cl2N3O2/c1-15(2,3)19-14(22)9-20(4)8-13(21)18-10-5-6-11(16)12(17)7-10/h5-7H,8-9H2,1-4H3,(H,18,21)(H,19,22). The van der Waals surface area contributed by atoms with Gasteiger partial charge in [-0.05, 0) is 46.0 Å². The molecule has 0 aromatic heterocycles. The highest BCUT2D eigenvalue weighted by molar-refractivity contribution is 6.42. The van der Waals surface area contributed by atoms with Crippen LogP contribution >= 0.6 is 23.2 Å². The lowest BCUT2D eigenvalue weighted by molar-refractivity contribution is -0.124. The minimum absolute atomic E-state index is 0.0950. The predicted molar refractivity (Wildman–Crippen MR) is 90.5 cm³/mol. The zero-order chi connectivity index (χ0) is 16.9. The minimum Gasteiger partial charge on any atom is -0.350 e. The molecule has 1 rings (SSSR count). The Bertz CT molecular complexity index is 556. The Morgan fingerprint density at radius 2 is 1.68 bits per heavy atom. The number of rotatable bonds is 5. The average molecular weight is 346 g/mol. The Morgan fingerprint density at radius 1 is 1.09 bits per heavy atom. The van der Waals surface area contributed by atoms with Gasteiger partial charge in [0.25, 0.3) is 0 Å². The van der Waals surface area contributed by atoms with Crippen molar-refractivity contribution in [2.45, 2.75) is 26.3 Å². The third-order valence-electron chi connectivity index (χ3n) is 2.54. The van der Waals surface area contributed by atoms with Gasteiger partial charge in [0.1, 0.15) is 0 Å². The zero-order valence-corrected chi connectivity index (χ0v) is 14.7. The maximum Gasteiger partial charge on any atom is 0.238 e. The Hall–Kier alpha value is -1.30. The normalized spacial score (nSPS) is 11.4. The van der Waals surface area contributed by atoms with Gasteiger partial charge >= 0.3 is 0 Å². The molecule has 0 bridgehead atoms. The van der Waals surface area contributed by atoms with E-state index in [2.05, 4.69) is 10.6 Å². The summed E-state index contributed by atoms with van der Waals surface area (Å²) in [4.78, 5) is 25.3. The van der Waals surface area contributed by atoms with Crippen molar-refractivity contribution in [1.82, 2.24) is 10.2 Å². The third kappa shape index (κ3) is 7.11. The maximum absolute atomic E-state index is 11.9. The SMILES string of the molecule is CN(CC(=O)Nc1ccc(Cl)c(Cl)c1)CC(=O)NC(C)(C)C. The van der Waals surface area contributed by atoms with Crippen molar-refractivity contribution < 1.29 is 9.59 Å². The van der Waals surface area contributed by atoms with E-state index >= 15 is 0 Å². The minimum atomic E-state index is -0.291. The Balaban J connectivity index is 2.47. The molecule has 2 N–H and O–H groups in total. The van der Waals surface area contributed by atoms with Gasteiger partial charge < -0.3 is 10.6 Å². The fourth-order valence-corrected chi connectivity index (χ4v) is 2.08. The van der Waals surface area contributed by atoms with Crippen LogP contribution in [0.3, 0.4) is 0 Å². The van der Waals surface area contributed by atoms with Crippen LogP contribution in [-0.2, 0) is 9.59 Å². The van der Waals surface area contributed by atoms with Gasteiger partial charge in [0.2, 0.25) is 11.8 Å². The van der Waals surface area contributed by atoms with Gasteiger partial charge in [0, 0.05) is 11.2 Å². The molecule has 0 atom stereocenters. The summed E-state index contributed by atoms with van der Waals surface area (Å²) in [7, 11) is 1.71. The number of benzene rings is 1. The highest BCUT2D eigenvalue weighted by Gasteiger charge is 2.16. The number of amides is 2. The number of likely N-dealkylation sites (N-methyl/N-ethyl adjacent to an activating group) is 1. The lowest BCUT2D eigenvalue weighted by Crippen LogP contribution is -2.46. The topological polar surface area (TPSA) is 61.4 Å². The molecule has 0 saturated heterocycles. The van der Waals surface area contributed by atoms with Crippen LogP contribution in [0.5, 0.6) is 0 Å². The van der Waals surface area contributed by atoms with E-state index in [1.807, 2.05) is 20.8 Å². The molecule has 122 valence electrons. The zero-order valence-electron chi connectivity index (χ0n) is 13.2. The second-order valence-corrected chi connectivity index (χ2v) is 6.96. The second kappa shape index (κ2) is 7.81. The van der Waals surface area contributed by atoms with Crippen LogP contribution in [0.25, 0.3) is 0 Å². The summed E-state index contributed by atoms with van der Waals surface area (Å²) in [5, 5.41) is 6.35. The molecule has 5 nitrogen and oxygen atoms in total. The molecule has 0 heterocycles. The molecular formula is C15H21Cl2N3O2. The van der Waals surface area contributed by atoms with Crippen molar-refractivity contribution in [3.63, 3.8) is 0 Å². The molecule has 1 aromatic carbocycles. The Kier molecular flexibility index (Phi) is 6.66. The first kappa shape index (κ1) is 18.7. The summed E-state index contributed by atoms with van der Waals surface area (Å²) in [5.74, 6) is -0.359. The van der Waals surface area contributed by atoms with Gasteiger partial charge in [0.15, 0.2) is 0 Å². The molecule has 0 spiro atoms. The summed E-state index contributed by atoms with van der Waals surface area (Å²) in [5.41, 5.74) is 0.271. The van der Waals surface area contributed by atoms with Crippen molar-refractivity contribution in [2.75, 3.05) is 25.5 Å². The lowest BCUT2D eigenvalue weighted by atomic mass is 10.1. The lowest BCUT2D eigenvalue weighted by Gasteiger charge is -2.23. The van der Waals surface area contributed by atoms with Crippen LogP contribution < -0.4 is 10.6 Å². The van der Waals surface area contributed by atoms with Crippen molar-refractivity contribution in [1.29, 1.82) is 0 Å². The van der Waals surface area contributed by atoms with Gasteiger partial charge in [-0.25, -0.2) is 0 Å². The van der Waals surface area contributed by atoms with Crippen LogP contribution in [-0.4, -0.2) is 42.4 Å². The molecule has 2 amide bonds. The maximum atomic E-state index is 11.9. The van der Waals surface area contributed by atoms with Crippen LogP contribution in [0.15, 0.2) is 18.2 Å². The number of carbonyl (C=O) groups excluding carboxylic acids is 2. The number of hydrogen-bond acceptors (Lipinski definition) is 3. The van der Waals surface area contributed by atoms with E-state index in [4.69, 9.17) is 23.2 Å². The summed E-state index contributed by atoms with van der Waals surface area (Å²) in [6.07, 6.45) is 0. The largest absolute Gasteiger partial charge is 0.350 e. The Labute approximate surface area is 141 Å². The number of hydrogen-bond donors (Lipinski definition) is 2. The van der Waals surface area contributed by atoms with Gasteiger partial charge in [-0.2, -0.15) is 0 Å². The Morgan fingerprint density at radius 3 is 2.23 bits per heavy atom. The predicted octanol–water partition coefficient (Wildman–Crippen LogP) is 2.78. The van der Waals surface area contributed by atoms with Crippen molar-refractivity contribution in [2.24, 2.45) is 0 Å². The summed E-state index contributed by atoms with van der Waals surface area (Å²) < 4.78 is 0. The van der Waals surface area contributed by atoms with Crippen molar-refractivity contribution in [3.8, 4) is 0 Å². The quantitative estimate of drug-likeness (QED) is 0.862. The van der Waals surface area contributed by atoms with Gasteiger partial charge in [0.05, 0.1) is 23.1 Å². The van der Waals surface area contributed by atoms with E-state index in [9.17, 15) is 9.59 Å². The molecule has 0 aliphatic carbocycles. The van der Waals surface area contributed by atoms with Gasteiger partial charge in [-0.3, -0.25) is 14.5 Å². The van der Waals surface area contributed by atoms with Crippen LogP contribution in [0.1, 0.15) is 20.8 Å². The molecule has 0 fully saturated rings. The van der Waals surface area contributed by atoms with E-state index in [0.717, 1.165) is 0 Å². The smallest absolute Gasteiger partial charge is 0.238 e. The third-order valence-corrected chi connectivity index (χ3v) is 3.28. The van der Waals surface area contributed by atoms with E-state index in [0.29, 0.717) is 15.7 Å². The second-order valence-electron chi connectivity index (χ2n) is 6.15. The van der Waals surface area contributed by atoms with Crippen LogP contribution in [0, 0.1) is 0 Å². The van der Waals surface area contributed by atoms with Crippen LogP contribution in [0.2, 0.25) is 10.0 Å². The first-order valence-corrected chi connectivity index (χ1v) is 7.57. The average Bonchev–Trinajstić information content (AvgIpc) is 2.30. The van der Waals surface area contributed by atoms with Crippen molar-refractivity contribution >= 4 is 40.7 Å². The monoisotopic (exact) mass is 345 g/mol. The number of anilines is 1. The first-order valence-electron chi connectivity index (χ1n) is 6.81. The molecular weight excluding hydrogens is 325 g/mol. The molecule has 0 radical (unpaired) electrons. The van der Waals surface area contributed by atoms with Gasteiger partial charge in [-0.15, -0.1) is 0 Å². The van der Waals surface area contributed by atoms with E-state index in [1.54, 1.807) is 30.1 Å². The highest BCUT2D eigenvalue weighted by Crippen LogP contribution is 2.24. The fraction of sp³-hybridized carbons (Fsp3) is 0.467. The molecule has 0 unspecified atom stereocenters. The molecule has 22 heavy (non-hydrogen) atoms. The highest BCUT2D eigenvalue weighted by atomic mass is 35.5. The number of nitrogens with one attached hydrogen (secondary N) is 2. The number of halogens is 2. The van der Waals surface area contributed by atoms with Crippen molar-refractivity contribution in [3.05, 3.63) is 28.2 Å². The summed E-state index contributed by atoms with van der Waals surface area (Å²) >= 11 is 11.7. The molecule has 0 aliphatic heterocycles. The molecule has 0 saturated carbocycles. The first-order chi connectivity index (χ1) is 10.1. The molecule has 1 aromatic rings. The number of nitrogens with zero attached hydrogens (tertiary/aromatic N) is 1.